The van der Waals surface area contributed by atoms with E-state index in [4.69, 9.17) is 4.74 Å². The van der Waals surface area contributed by atoms with Gasteiger partial charge in [0.15, 0.2) is 0 Å². The Morgan fingerprint density at radius 2 is 1.80 bits per heavy atom. The van der Waals surface area contributed by atoms with Gasteiger partial charge >= 0.3 is 5.97 Å². The number of benzene rings is 1. The number of rotatable bonds is 17. The van der Waals surface area contributed by atoms with Crippen molar-refractivity contribution in [1.29, 1.82) is 0 Å². The van der Waals surface area contributed by atoms with E-state index in [2.05, 4.69) is 43.0 Å². The van der Waals surface area contributed by atoms with Gasteiger partial charge in [-0.2, -0.15) is 0 Å². The molecule has 198 valence electrons. The molecule has 5 atom stereocenters. The van der Waals surface area contributed by atoms with Gasteiger partial charge in [0.05, 0.1) is 18.3 Å². The highest BCUT2D eigenvalue weighted by molar-refractivity contribution is 5.69. The Morgan fingerprint density at radius 1 is 1.09 bits per heavy atom. The summed E-state index contributed by atoms with van der Waals surface area (Å²) >= 11 is 0. The number of esters is 1. The van der Waals surface area contributed by atoms with E-state index in [1.807, 2.05) is 18.2 Å². The Kier molecular flexibility index (Phi) is 14.2. The summed E-state index contributed by atoms with van der Waals surface area (Å²) < 4.78 is 5.31. The van der Waals surface area contributed by atoms with E-state index < -0.39 is 18.3 Å². The lowest BCUT2D eigenvalue weighted by atomic mass is 9.85. The molecule has 1 aliphatic carbocycles. The van der Waals surface area contributed by atoms with Crippen LogP contribution in [0.2, 0.25) is 0 Å². The third kappa shape index (κ3) is 11.2. The number of allylic oxidation sites excluding steroid dienone is 2. The van der Waals surface area contributed by atoms with Crippen molar-refractivity contribution in [3.05, 3.63) is 48.0 Å². The summed E-state index contributed by atoms with van der Waals surface area (Å²) in [6, 6.07) is 10.2. The van der Waals surface area contributed by atoms with Crippen LogP contribution in [0.5, 0.6) is 0 Å². The molecule has 35 heavy (non-hydrogen) atoms. The number of aliphatic hydroxyl groups is 3. The standard InChI is InChI=1S/C29H47NO5/c1-3-30(4-2)20-21-35-29(34)15-11-6-5-10-14-25-26(28(33)22-27(25)32)19-18-24(31)17-16-23-12-8-7-9-13-23/h5,7-10,12-13,24-28,31-33H,3-4,6,11,14-22H2,1-2H3/b10-5-/t24-,25+,26+,27-,28+/m0/s1. The minimum atomic E-state index is -0.518. The monoisotopic (exact) mass is 489 g/mol. The first-order valence-corrected chi connectivity index (χ1v) is 13.6. The van der Waals surface area contributed by atoms with Crippen LogP contribution in [-0.4, -0.2) is 70.7 Å². The van der Waals surface area contributed by atoms with Crippen LogP contribution in [0, 0.1) is 11.8 Å². The Morgan fingerprint density at radius 3 is 2.51 bits per heavy atom. The number of carbonyl (C=O) groups is 1. The van der Waals surface area contributed by atoms with Gasteiger partial charge in [0.2, 0.25) is 0 Å². The SMILES string of the molecule is CCN(CC)CCOC(=O)CCC/C=C\C[C@@H]1[C@@H](CC[C@@H](O)CCc2ccccc2)[C@H](O)C[C@@H]1O. The van der Waals surface area contributed by atoms with E-state index in [-0.39, 0.29) is 17.8 Å². The van der Waals surface area contributed by atoms with Crippen LogP contribution in [0.25, 0.3) is 0 Å². The minimum absolute atomic E-state index is 0.00168. The second kappa shape index (κ2) is 16.9. The van der Waals surface area contributed by atoms with E-state index in [0.717, 1.165) is 38.9 Å². The van der Waals surface area contributed by atoms with Crippen molar-refractivity contribution in [2.24, 2.45) is 11.8 Å². The summed E-state index contributed by atoms with van der Waals surface area (Å²) in [7, 11) is 0. The zero-order valence-corrected chi connectivity index (χ0v) is 21.7. The summed E-state index contributed by atoms with van der Waals surface area (Å²) in [6.45, 7) is 7.34. The summed E-state index contributed by atoms with van der Waals surface area (Å²) in [5.41, 5.74) is 1.22. The molecule has 1 fully saturated rings. The topological polar surface area (TPSA) is 90.2 Å². The highest BCUT2D eigenvalue weighted by Gasteiger charge is 2.40. The number of nitrogens with zero attached hydrogens (tertiary/aromatic N) is 1. The second-order valence-electron chi connectivity index (χ2n) is 9.80. The molecule has 6 heteroatoms. The van der Waals surface area contributed by atoms with Gasteiger partial charge in [0.1, 0.15) is 6.61 Å². The molecule has 0 saturated heterocycles. The van der Waals surface area contributed by atoms with Gasteiger partial charge in [-0.25, -0.2) is 0 Å². The molecule has 1 aromatic carbocycles. The molecule has 1 saturated carbocycles. The number of hydrogen-bond acceptors (Lipinski definition) is 6. The predicted molar refractivity (Wildman–Crippen MR) is 140 cm³/mol. The van der Waals surface area contributed by atoms with Gasteiger partial charge in [-0.05, 0) is 81.9 Å². The fourth-order valence-corrected chi connectivity index (χ4v) is 5.05. The van der Waals surface area contributed by atoms with Crippen LogP contribution >= 0.6 is 0 Å². The zero-order chi connectivity index (χ0) is 25.5. The van der Waals surface area contributed by atoms with E-state index in [1.54, 1.807) is 0 Å². The molecular formula is C29H47NO5. The Balaban J connectivity index is 1.64. The molecule has 6 nitrogen and oxygen atoms in total. The Hall–Kier alpha value is -1.73. The maximum absolute atomic E-state index is 11.9. The maximum atomic E-state index is 11.9. The molecule has 1 aromatic rings. The van der Waals surface area contributed by atoms with Crippen molar-refractivity contribution in [2.45, 2.75) is 89.9 Å². The largest absolute Gasteiger partial charge is 0.464 e. The van der Waals surface area contributed by atoms with Gasteiger partial charge < -0.3 is 25.0 Å². The van der Waals surface area contributed by atoms with Crippen molar-refractivity contribution in [2.75, 3.05) is 26.2 Å². The molecule has 0 heterocycles. The van der Waals surface area contributed by atoms with Crippen molar-refractivity contribution in [1.82, 2.24) is 4.90 Å². The summed E-state index contributed by atoms with van der Waals surface area (Å²) in [6.07, 6.45) is 8.66. The summed E-state index contributed by atoms with van der Waals surface area (Å²) in [5.74, 6) is -0.139. The molecule has 0 amide bonds. The van der Waals surface area contributed by atoms with Gasteiger partial charge in [-0.1, -0.05) is 56.3 Å². The van der Waals surface area contributed by atoms with Gasteiger partial charge in [-0.15, -0.1) is 0 Å². The normalized spacial score (nSPS) is 23.3. The smallest absolute Gasteiger partial charge is 0.305 e. The van der Waals surface area contributed by atoms with E-state index in [9.17, 15) is 20.1 Å². The molecule has 3 N–H and O–H groups in total. The molecule has 0 aromatic heterocycles. The number of hydrogen-bond donors (Lipinski definition) is 3. The zero-order valence-electron chi connectivity index (χ0n) is 21.7. The van der Waals surface area contributed by atoms with E-state index >= 15 is 0 Å². The fourth-order valence-electron chi connectivity index (χ4n) is 5.05. The number of likely N-dealkylation sites (N-methyl/N-ethyl adjacent to an activating group) is 1. The number of aliphatic hydroxyl groups excluding tert-OH is 3. The average molecular weight is 490 g/mol. The number of ether oxygens (including phenoxy) is 1. The molecule has 2 rings (SSSR count). The maximum Gasteiger partial charge on any atom is 0.305 e. The minimum Gasteiger partial charge on any atom is -0.464 e. The highest BCUT2D eigenvalue weighted by atomic mass is 16.5. The van der Waals surface area contributed by atoms with Crippen molar-refractivity contribution in [3.8, 4) is 0 Å². The fraction of sp³-hybridized carbons (Fsp3) is 0.690. The molecule has 1 aliphatic rings. The van der Waals surface area contributed by atoms with Crippen molar-refractivity contribution >= 4 is 5.97 Å². The second-order valence-corrected chi connectivity index (χ2v) is 9.80. The first-order valence-electron chi connectivity index (χ1n) is 13.6. The van der Waals surface area contributed by atoms with Crippen LogP contribution in [0.3, 0.4) is 0 Å². The van der Waals surface area contributed by atoms with Crippen molar-refractivity contribution < 1.29 is 24.9 Å². The number of carbonyl (C=O) groups excluding carboxylic acids is 1. The first-order chi connectivity index (χ1) is 16.9. The third-order valence-electron chi connectivity index (χ3n) is 7.36. The Bertz CT molecular complexity index is 721. The van der Waals surface area contributed by atoms with Crippen molar-refractivity contribution in [3.63, 3.8) is 0 Å². The quantitative estimate of drug-likeness (QED) is 0.173. The van der Waals surface area contributed by atoms with Crippen LogP contribution in [-0.2, 0) is 16.0 Å². The lowest BCUT2D eigenvalue weighted by Gasteiger charge is -2.23. The van der Waals surface area contributed by atoms with Gasteiger partial charge in [0, 0.05) is 13.0 Å². The number of unbranched alkanes of at least 4 members (excludes halogenated alkanes) is 1. The van der Waals surface area contributed by atoms with Crippen LogP contribution in [0.15, 0.2) is 42.5 Å². The Labute approximate surface area is 212 Å². The predicted octanol–water partition coefficient (Wildman–Crippen LogP) is 4.12. The molecule has 0 aliphatic heterocycles. The van der Waals surface area contributed by atoms with Crippen LogP contribution in [0.1, 0.15) is 70.8 Å². The van der Waals surface area contributed by atoms with Gasteiger partial charge in [0.25, 0.3) is 0 Å². The van der Waals surface area contributed by atoms with Crippen LogP contribution < -0.4 is 0 Å². The van der Waals surface area contributed by atoms with Crippen LogP contribution in [0.4, 0.5) is 0 Å². The lowest BCUT2D eigenvalue weighted by Crippen LogP contribution is -2.27. The van der Waals surface area contributed by atoms with E-state index in [1.165, 1.54) is 5.56 Å². The highest BCUT2D eigenvalue weighted by Crippen LogP contribution is 2.38. The summed E-state index contributed by atoms with van der Waals surface area (Å²) in [5, 5.41) is 31.4. The average Bonchev–Trinajstić information content (AvgIpc) is 3.13. The third-order valence-corrected chi connectivity index (χ3v) is 7.36. The molecule has 0 radical (unpaired) electrons. The first kappa shape index (κ1) is 29.5. The van der Waals surface area contributed by atoms with E-state index in [0.29, 0.717) is 45.1 Å². The molecular weight excluding hydrogens is 442 g/mol. The molecule has 0 unspecified atom stereocenters. The molecule has 0 bridgehead atoms. The number of aryl methyl sites for hydroxylation is 1. The summed E-state index contributed by atoms with van der Waals surface area (Å²) in [4.78, 5) is 14.1. The lowest BCUT2D eigenvalue weighted by molar-refractivity contribution is -0.144. The molecule has 0 spiro atoms. The van der Waals surface area contributed by atoms with Gasteiger partial charge in [-0.3, -0.25) is 4.79 Å².